The van der Waals surface area contributed by atoms with Crippen molar-refractivity contribution in [1.82, 2.24) is 0 Å². The molecule has 0 aliphatic heterocycles. The van der Waals surface area contributed by atoms with Gasteiger partial charge in [-0.2, -0.15) is 0 Å². The summed E-state index contributed by atoms with van der Waals surface area (Å²) in [6, 6.07) is 3.39. The van der Waals surface area contributed by atoms with Crippen molar-refractivity contribution in [2.24, 2.45) is 0 Å². The third kappa shape index (κ3) is 3.39. The molecular weight excluding hydrogens is 260 g/mol. The molecule has 4 heteroatoms. The van der Waals surface area contributed by atoms with Crippen LogP contribution in [0, 0.1) is 0 Å². The molecule has 0 radical (unpaired) electrons. The molecule has 0 aromatic heterocycles. The molecule has 0 saturated carbocycles. The number of halogens is 1. The lowest BCUT2D eigenvalue weighted by Gasteiger charge is -2.10. The zero-order valence-corrected chi connectivity index (χ0v) is 10.4. The quantitative estimate of drug-likeness (QED) is 0.887. The maximum Gasteiger partial charge on any atom is 0.161 e. The van der Waals surface area contributed by atoms with E-state index in [9.17, 15) is 10.2 Å². The van der Waals surface area contributed by atoms with Gasteiger partial charge < -0.3 is 14.9 Å². The second-order valence-electron chi connectivity index (χ2n) is 3.50. The van der Waals surface area contributed by atoms with E-state index in [2.05, 4.69) is 15.9 Å². The van der Waals surface area contributed by atoms with Crippen molar-refractivity contribution in [2.45, 2.75) is 25.9 Å². The van der Waals surface area contributed by atoms with Gasteiger partial charge in [0.05, 0.1) is 13.2 Å². The maximum absolute atomic E-state index is 9.57. The third-order valence-electron chi connectivity index (χ3n) is 2.18. The van der Waals surface area contributed by atoms with Gasteiger partial charge >= 0.3 is 0 Å². The van der Waals surface area contributed by atoms with Crippen molar-refractivity contribution < 1.29 is 14.9 Å². The largest absolute Gasteiger partial charge is 0.504 e. The fourth-order valence-electron chi connectivity index (χ4n) is 1.31. The molecule has 2 N–H and O–H groups in total. The molecular formula is C11H15BrO3. The van der Waals surface area contributed by atoms with Crippen LogP contribution in [0.3, 0.4) is 0 Å². The lowest BCUT2D eigenvalue weighted by atomic mass is 10.1. The average molecular weight is 275 g/mol. The van der Waals surface area contributed by atoms with Crippen LogP contribution in [0.2, 0.25) is 0 Å². The van der Waals surface area contributed by atoms with Gasteiger partial charge in [-0.05, 0) is 37.5 Å². The first-order valence-electron chi connectivity index (χ1n) is 4.78. The number of aliphatic hydroxyl groups is 1. The smallest absolute Gasteiger partial charge is 0.161 e. The summed E-state index contributed by atoms with van der Waals surface area (Å²) < 4.78 is 5.86. The monoisotopic (exact) mass is 274 g/mol. The van der Waals surface area contributed by atoms with E-state index in [0.29, 0.717) is 12.2 Å². The van der Waals surface area contributed by atoms with E-state index in [0.717, 1.165) is 16.5 Å². The molecule has 0 aliphatic rings. The maximum atomic E-state index is 9.57. The van der Waals surface area contributed by atoms with Gasteiger partial charge in [-0.1, -0.05) is 15.9 Å². The Morgan fingerprint density at radius 2 is 2.13 bits per heavy atom. The first kappa shape index (κ1) is 12.3. The molecule has 1 aromatic carbocycles. The van der Waals surface area contributed by atoms with Crippen molar-refractivity contribution in [1.29, 1.82) is 0 Å². The van der Waals surface area contributed by atoms with Crippen LogP contribution < -0.4 is 4.74 Å². The number of aromatic hydroxyl groups is 1. The van der Waals surface area contributed by atoms with E-state index in [-0.39, 0.29) is 11.9 Å². The van der Waals surface area contributed by atoms with E-state index in [1.807, 2.05) is 0 Å². The zero-order valence-electron chi connectivity index (χ0n) is 8.83. The minimum atomic E-state index is -0.332. The molecule has 0 amide bonds. The molecule has 0 aliphatic carbocycles. The second-order valence-corrected chi connectivity index (χ2v) is 4.36. The SMILES string of the molecule is COc1cc(Br)c(CCC(C)O)cc1O. The fourth-order valence-corrected chi connectivity index (χ4v) is 1.83. The summed E-state index contributed by atoms with van der Waals surface area (Å²) >= 11 is 3.40. The summed E-state index contributed by atoms with van der Waals surface area (Å²) in [6.07, 6.45) is 1.06. The molecule has 84 valence electrons. The number of aryl methyl sites for hydroxylation is 1. The molecule has 0 saturated heterocycles. The topological polar surface area (TPSA) is 49.7 Å². The Kier molecular flexibility index (Phi) is 4.42. The predicted molar refractivity (Wildman–Crippen MR) is 62.4 cm³/mol. The summed E-state index contributed by atoms with van der Waals surface area (Å²) in [4.78, 5) is 0. The summed E-state index contributed by atoms with van der Waals surface area (Å²) in [5.41, 5.74) is 0.967. The Labute approximate surface area is 97.8 Å². The van der Waals surface area contributed by atoms with Gasteiger partial charge in [0.15, 0.2) is 11.5 Å². The van der Waals surface area contributed by atoms with Crippen LogP contribution in [0.15, 0.2) is 16.6 Å². The van der Waals surface area contributed by atoms with Crippen molar-refractivity contribution in [3.8, 4) is 11.5 Å². The number of aliphatic hydroxyl groups excluding tert-OH is 1. The lowest BCUT2D eigenvalue weighted by molar-refractivity contribution is 0.185. The first-order chi connectivity index (χ1) is 7.04. The van der Waals surface area contributed by atoms with E-state index in [4.69, 9.17) is 4.74 Å². The van der Waals surface area contributed by atoms with Crippen LogP contribution in [-0.4, -0.2) is 23.4 Å². The predicted octanol–water partition coefficient (Wildman–Crippen LogP) is 2.48. The number of ether oxygens (including phenoxy) is 1. The third-order valence-corrected chi connectivity index (χ3v) is 2.92. The van der Waals surface area contributed by atoms with Gasteiger partial charge in [0, 0.05) is 4.47 Å². The molecule has 15 heavy (non-hydrogen) atoms. The minimum Gasteiger partial charge on any atom is -0.504 e. The van der Waals surface area contributed by atoms with Crippen LogP contribution in [0.4, 0.5) is 0 Å². The van der Waals surface area contributed by atoms with E-state index in [1.54, 1.807) is 19.1 Å². The van der Waals surface area contributed by atoms with Crippen LogP contribution in [0.1, 0.15) is 18.9 Å². The highest BCUT2D eigenvalue weighted by molar-refractivity contribution is 9.10. The molecule has 0 fully saturated rings. The lowest BCUT2D eigenvalue weighted by Crippen LogP contribution is -2.02. The van der Waals surface area contributed by atoms with Gasteiger partial charge in [-0.15, -0.1) is 0 Å². The fraction of sp³-hybridized carbons (Fsp3) is 0.455. The Hall–Kier alpha value is -0.740. The molecule has 0 spiro atoms. The highest BCUT2D eigenvalue weighted by Crippen LogP contribution is 2.32. The van der Waals surface area contributed by atoms with Crippen LogP contribution >= 0.6 is 15.9 Å². The number of phenols is 1. The summed E-state index contributed by atoms with van der Waals surface area (Å²) in [5, 5.41) is 18.7. The molecule has 1 unspecified atom stereocenters. The van der Waals surface area contributed by atoms with Gasteiger partial charge in [0.25, 0.3) is 0 Å². The molecule has 1 rings (SSSR count). The number of hydrogen-bond acceptors (Lipinski definition) is 3. The number of benzene rings is 1. The van der Waals surface area contributed by atoms with Gasteiger partial charge in [-0.3, -0.25) is 0 Å². The Morgan fingerprint density at radius 1 is 1.47 bits per heavy atom. The second kappa shape index (κ2) is 5.37. The highest BCUT2D eigenvalue weighted by Gasteiger charge is 2.08. The summed E-state index contributed by atoms with van der Waals surface area (Å²) in [5.74, 6) is 0.573. The van der Waals surface area contributed by atoms with Crippen molar-refractivity contribution in [3.63, 3.8) is 0 Å². The average Bonchev–Trinajstić information content (AvgIpc) is 2.18. The standard InChI is InChI=1S/C11H15BrO3/c1-7(13)3-4-8-5-10(14)11(15-2)6-9(8)12/h5-7,13-14H,3-4H2,1-2H3. The number of phenolic OH excluding ortho intramolecular Hbond substituents is 1. The normalized spacial score (nSPS) is 12.5. The molecule has 0 bridgehead atoms. The Balaban J connectivity index is 2.85. The molecule has 3 nitrogen and oxygen atoms in total. The molecule has 0 heterocycles. The summed E-state index contributed by atoms with van der Waals surface area (Å²) in [6.45, 7) is 1.75. The van der Waals surface area contributed by atoms with E-state index < -0.39 is 0 Å². The first-order valence-corrected chi connectivity index (χ1v) is 5.57. The Bertz CT molecular complexity index is 337. The van der Waals surface area contributed by atoms with Gasteiger partial charge in [0.2, 0.25) is 0 Å². The van der Waals surface area contributed by atoms with Crippen LogP contribution in [-0.2, 0) is 6.42 Å². The number of methoxy groups -OCH3 is 1. The molecule has 1 atom stereocenters. The minimum absolute atomic E-state index is 0.126. The van der Waals surface area contributed by atoms with Crippen molar-refractivity contribution in [2.75, 3.05) is 7.11 Å². The van der Waals surface area contributed by atoms with E-state index >= 15 is 0 Å². The van der Waals surface area contributed by atoms with E-state index in [1.165, 1.54) is 7.11 Å². The molecule has 1 aromatic rings. The van der Waals surface area contributed by atoms with Crippen LogP contribution in [0.25, 0.3) is 0 Å². The van der Waals surface area contributed by atoms with Gasteiger partial charge in [0.1, 0.15) is 0 Å². The highest BCUT2D eigenvalue weighted by atomic mass is 79.9. The number of rotatable bonds is 4. The zero-order chi connectivity index (χ0) is 11.4. The summed E-state index contributed by atoms with van der Waals surface area (Å²) in [7, 11) is 1.51. The van der Waals surface area contributed by atoms with Crippen molar-refractivity contribution >= 4 is 15.9 Å². The van der Waals surface area contributed by atoms with Gasteiger partial charge in [-0.25, -0.2) is 0 Å². The van der Waals surface area contributed by atoms with Crippen LogP contribution in [0.5, 0.6) is 11.5 Å². The Morgan fingerprint density at radius 3 is 2.67 bits per heavy atom. The number of hydrogen-bond donors (Lipinski definition) is 2. The van der Waals surface area contributed by atoms with Crippen molar-refractivity contribution in [3.05, 3.63) is 22.2 Å².